The van der Waals surface area contributed by atoms with Crippen molar-refractivity contribution in [2.75, 3.05) is 0 Å². The molecule has 66 valence electrons. The third kappa shape index (κ3) is 2.09. The predicted molar refractivity (Wildman–Crippen MR) is 44.1 cm³/mol. The first-order chi connectivity index (χ1) is 5.29. The van der Waals surface area contributed by atoms with E-state index in [0.717, 1.165) is 4.09 Å². The molecule has 0 radical (unpaired) electrons. The Morgan fingerprint density at radius 2 is 2.23 bits per heavy atom. The first-order valence-electron chi connectivity index (χ1n) is 2.86. The van der Waals surface area contributed by atoms with Crippen molar-refractivity contribution in [2.45, 2.75) is 0 Å². The van der Waals surface area contributed by atoms with Crippen LogP contribution in [-0.4, -0.2) is 24.5 Å². The number of hydrogen-bond acceptors (Lipinski definition) is 3. The van der Waals surface area contributed by atoms with Crippen LogP contribution in [0.5, 0.6) is 0 Å². The molecule has 0 fully saturated rings. The quantitative estimate of drug-likeness (QED) is 0.458. The van der Waals surface area contributed by atoms with Gasteiger partial charge in [0.25, 0.3) is 5.56 Å². The minimum atomic E-state index is -0.352. The monoisotopic (exact) mass is 212 g/mol. The molecule has 0 spiro atoms. The number of imidazole rings is 1. The molecule has 0 unspecified atom stereocenters. The first kappa shape index (κ1) is 12.6. The van der Waals surface area contributed by atoms with Gasteiger partial charge in [-0.1, -0.05) is 0 Å². The van der Waals surface area contributed by atoms with Crippen molar-refractivity contribution in [2.24, 2.45) is 0 Å². The summed E-state index contributed by atoms with van der Waals surface area (Å²) in [6.07, 6.45) is 2.61. The summed E-state index contributed by atoms with van der Waals surface area (Å²) in [6, 6.07) is 0. The molecule has 0 bridgehead atoms. The Bertz CT molecular complexity index is 458. The molecular weight excluding hydrogens is 207 g/mol. The Labute approximate surface area is 101 Å². The number of halogens is 1. The molecule has 0 aliphatic carbocycles. The molecule has 13 heavy (non-hydrogen) atoms. The van der Waals surface area contributed by atoms with Gasteiger partial charge in [-0.25, -0.2) is 9.07 Å². The number of nitrogens with one attached hydrogen (secondary N) is 1. The van der Waals surface area contributed by atoms with Gasteiger partial charge in [-0.05, 0) is 0 Å². The Morgan fingerprint density at radius 1 is 1.54 bits per heavy atom. The van der Waals surface area contributed by atoms with Gasteiger partial charge in [0.1, 0.15) is 6.33 Å². The number of hydrogen-bond donors (Lipinski definition) is 1. The standard InChI is InChI=1S/C5H3ClN4O.Na.H2O.H/c6-10-2-9-5(11)3-4(10)8-1-7-3;;;/h1-2H,(H,7,8);;1H2;/q;+1;;-1. The molecular formula is C5H6ClN4NaO2. The summed E-state index contributed by atoms with van der Waals surface area (Å²) in [7, 11) is 0. The Morgan fingerprint density at radius 3 is 2.85 bits per heavy atom. The Hall–Kier alpha value is -0.400. The van der Waals surface area contributed by atoms with Crippen LogP contribution in [0.4, 0.5) is 0 Å². The van der Waals surface area contributed by atoms with Gasteiger partial charge >= 0.3 is 29.6 Å². The van der Waals surface area contributed by atoms with Crippen LogP contribution < -0.4 is 35.1 Å². The normalized spacial score (nSPS) is 9.00. The summed E-state index contributed by atoms with van der Waals surface area (Å²) in [6.45, 7) is 0. The van der Waals surface area contributed by atoms with Crippen LogP contribution in [0, 0.1) is 0 Å². The van der Waals surface area contributed by atoms with Crippen LogP contribution in [-0.2, 0) is 0 Å². The van der Waals surface area contributed by atoms with E-state index in [1.807, 2.05) is 0 Å². The fourth-order valence-electron chi connectivity index (χ4n) is 0.829. The van der Waals surface area contributed by atoms with E-state index in [0.29, 0.717) is 11.2 Å². The first-order valence-corrected chi connectivity index (χ1v) is 3.20. The largest absolute Gasteiger partial charge is 1.00 e. The second-order valence-electron chi connectivity index (χ2n) is 1.96. The molecule has 3 N–H and O–H groups in total. The topological polar surface area (TPSA) is 95.1 Å². The van der Waals surface area contributed by atoms with Crippen molar-refractivity contribution >= 4 is 22.9 Å². The molecule has 0 atom stereocenters. The minimum absolute atomic E-state index is 0. The molecule has 2 heterocycles. The summed E-state index contributed by atoms with van der Waals surface area (Å²) in [5.74, 6) is 0. The number of aromatic amines is 1. The molecule has 0 aliphatic heterocycles. The molecule has 0 amide bonds. The fraction of sp³-hybridized carbons (Fsp3) is 0. The zero-order chi connectivity index (χ0) is 7.84. The van der Waals surface area contributed by atoms with E-state index in [-0.39, 0.29) is 42.0 Å². The predicted octanol–water partition coefficient (Wildman–Crippen LogP) is -3.59. The fourth-order valence-corrected chi connectivity index (χ4v) is 1.00. The third-order valence-electron chi connectivity index (χ3n) is 1.31. The van der Waals surface area contributed by atoms with E-state index in [2.05, 4.69) is 15.0 Å². The van der Waals surface area contributed by atoms with E-state index in [9.17, 15) is 4.79 Å². The van der Waals surface area contributed by atoms with E-state index in [4.69, 9.17) is 11.8 Å². The number of H-pyrrole nitrogens is 1. The molecule has 0 aliphatic rings. The van der Waals surface area contributed by atoms with Gasteiger partial charge in [-0.15, -0.1) is 0 Å². The molecule has 2 rings (SSSR count). The van der Waals surface area contributed by atoms with Crippen LogP contribution in [0.1, 0.15) is 1.43 Å². The van der Waals surface area contributed by atoms with E-state index in [1.165, 1.54) is 12.7 Å². The van der Waals surface area contributed by atoms with Gasteiger partial charge < -0.3 is 11.9 Å². The van der Waals surface area contributed by atoms with Crippen molar-refractivity contribution in [1.82, 2.24) is 19.0 Å². The summed E-state index contributed by atoms with van der Waals surface area (Å²) in [4.78, 5) is 20.9. The summed E-state index contributed by atoms with van der Waals surface area (Å²) < 4.78 is 1.16. The number of fused-ring (bicyclic) bond motifs is 1. The number of aromatic nitrogens is 4. The van der Waals surface area contributed by atoms with Crippen molar-refractivity contribution < 1.29 is 36.5 Å². The molecule has 0 saturated heterocycles. The van der Waals surface area contributed by atoms with Crippen LogP contribution in [0.25, 0.3) is 11.2 Å². The molecule has 6 nitrogen and oxygen atoms in total. The van der Waals surface area contributed by atoms with Crippen LogP contribution in [0.2, 0.25) is 0 Å². The SMILES string of the molecule is O.O=c1ncn(Cl)c2nc[nH]c12.[H-].[Na+]. The van der Waals surface area contributed by atoms with Crippen LogP contribution >= 0.6 is 11.8 Å². The maximum absolute atomic E-state index is 10.9. The molecule has 2 aromatic rings. The van der Waals surface area contributed by atoms with Gasteiger partial charge in [-0.3, -0.25) is 4.79 Å². The molecule has 0 saturated carbocycles. The Kier molecular flexibility index (Phi) is 4.58. The summed E-state index contributed by atoms with van der Waals surface area (Å²) in [5, 5.41) is 0. The number of nitrogens with zero attached hydrogens (tertiary/aromatic N) is 3. The van der Waals surface area contributed by atoms with E-state index < -0.39 is 0 Å². The van der Waals surface area contributed by atoms with Gasteiger partial charge in [0, 0.05) is 11.8 Å². The number of rotatable bonds is 0. The molecule has 8 heteroatoms. The third-order valence-corrected chi connectivity index (χ3v) is 1.56. The maximum atomic E-state index is 10.9. The van der Waals surface area contributed by atoms with Gasteiger partial charge in [0.2, 0.25) is 0 Å². The van der Waals surface area contributed by atoms with E-state index >= 15 is 0 Å². The summed E-state index contributed by atoms with van der Waals surface area (Å²) >= 11 is 5.60. The van der Waals surface area contributed by atoms with Gasteiger partial charge in [0.05, 0.1) is 6.33 Å². The van der Waals surface area contributed by atoms with Crippen LogP contribution in [0.3, 0.4) is 0 Å². The summed E-state index contributed by atoms with van der Waals surface area (Å²) in [5.41, 5.74) is 0.364. The molecule has 2 aromatic heterocycles. The zero-order valence-corrected chi connectivity index (χ0v) is 9.54. The smallest absolute Gasteiger partial charge is 1.00 e. The van der Waals surface area contributed by atoms with E-state index in [1.54, 1.807) is 0 Å². The van der Waals surface area contributed by atoms with Gasteiger partial charge in [-0.2, -0.15) is 4.98 Å². The van der Waals surface area contributed by atoms with Crippen molar-refractivity contribution in [3.8, 4) is 0 Å². The van der Waals surface area contributed by atoms with Gasteiger partial charge in [0.15, 0.2) is 11.2 Å². The second kappa shape index (κ2) is 4.73. The van der Waals surface area contributed by atoms with Crippen molar-refractivity contribution in [3.05, 3.63) is 23.0 Å². The average molecular weight is 213 g/mol. The Balaban J connectivity index is 0. The van der Waals surface area contributed by atoms with Crippen LogP contribution in [0.15, 0.2) is 17.4 Å². The minimum Gasteiger partial charge on any atom is -1.00 e. The maximum Gasteiger partial charge on any atom is 1.00 e. The van der Waals surface area contributed by atoms with Crippen molar-refractivity contribution in [1.29, 1.82) is 0 Å². The van der Waals surface area contributed by atoms with Crippen molar-refractivity contribution in [3.63, 3.8) is 0 Å². The zero-order valence-electron chi connectivity index (χ0n) is 7.78. The second-order valence-corrected chi connectivity index (χ2v) is 2.33. The molecule has 0 aromatic carbocycles. The average Bonchev–Trinajstić information content (AvgIpc) is 2.45.